The number of nitrogens with one attached hydrogen (secondary N) is 1. The van der Waals surface area contributed by atoms with Crippen LogP contribution in [0, 0.1) is 11.6 Å². The summed E-state index contributed by atoms with van der Waals surface area (Å²) in [5.74, 6) is -0.157. The van der Waals surface area contributed by atoms with Crippen LogP contribution >= 0.6 is 27.9 Å². The fourth-order valence-corrected chi connectivity index (χ4v) is 2.50. The van der Waals surface area contributed by atoms with Crippen molar-refractivity contribution in [2.75, 3.05) is 4.72 Å². The number of hydrogen-bond acceptors (Lipinski definition) is 2. The topological polar surface area (TPSA) is 12.0 Å². The van der Waals surface area contributed by atoms with Crippen molar-refractivity contribution in [1.82, 2.24) is 0 Å². The smallest absolute Gasteiger partial charge is 0.148 e. The molecule has 0 aliphatic carbocycles. The van der Waals surface area contributed by atoms with E-state index in [0.29, 0.717) is 21.5 Å². The minimum Gasteiger partial charge on any atom is -0.327 e. The average Bonchev–Trinajstić information content (AvgIpc) is 2.34. The third-order valence-electron chi connectivity index (χ3n) is 2.30. The summed E-state index contributed by atoms with van der Waals surface area (Å²) in [6, 6.07) is 11.3. The molecule has 94 valence electrons. The Balaban J connectivity index is 1.95. The number of rotatable bonds is 4. The first-order chi connectivity index (χ1) is 8.66. The fourth-order valence-electron chi connectivity index (χ4n) is 1.38. The first-order valence-electron chi connectivity index (χ1n) is 5.23. The molecule has 18 heavy (non-hydrogen) atoms. The SMILES string of the molecule is Fc1ccccc1CSNc1ccc(Br)cc1F. The van der Waals surface area contributed by atoms with Gasteiger partial charge in [0.25, 0.3) is 0 Å². The zero-order valence-electron chi connectivity index (χ0n) is 9.29. The molecule has 0 saturated heterocycles. The molecule has 0 aromatic heterocycles. The van der Waals surface area contributed by atoms with Gasteiger partial charge in [-0.3, -0.25) is 0 Å². The quantitative estimate of drug-likeness (QED) is 0.793. The number of anilines is 1. The van der Waals surface area contributed by atoms with Crippen molar-refractivity contribution >= 4 is 33.6 Å². The van der Waals surface area contributed by atoms with Gasteiger partial charge in [-0.1, -0.05) is 34.1 Å². The molecule has 0 saturated carbocycles. The monoisotopic (exact) mass is 329 g/mol. The highest BCUT2D eigenvalue weighted by molar-refractivity contribution is 9.10. The summed E-state index contributed by atoms with van der Waals surface area (Å²) in [5, 5.41) is 0. The van der Waals surface area contributed by atoms with Gasteiger partial charge >= 0.3 is 0 Å². The van der Waals surface area contributed by atoms with Gasteiger partial charge in [0.2, 0.25) is 0 Å². The van der Waals surface area contributed by atoms with Gasteiger partial charge in [-0.15, -0.1) is 0 Å². The molecule has 1 N–H and O–H groups in total. The van der Waals surface area contributed by atoms with E-state index >= 15 is 0 Å². The van der Waals surface area contributed by atoms with Crippen molar-refractivity contribution in [3.05, 3.63) is 64.1 Å². The Morgan fingerprint density at radius 1 is 1.06 bits per heavy atom. The predicted molar refractivity (Wildman–Crippen MR) is 75.4 cm³/mol. The summed E-state index contributed by atoms with van der Waals surface area (Å²) in [4.78, 5) is 0. The van der Waals surface area contributed by atoms with Crippen LogP contribution < -0.4 is 4.72 Å². The number of halogens is 3. The minimum absolute atomic E-state index is 0.247. The van der Waals surface area contributed by atoms with E-state index in [2.05, 4.69) is 20.7 Å². The van der Waals surface area contributed by atoms with Crippen LogP contribution in [0.15, 0.2) is 46.9 Å². The van der Waals surface area contributed by atoms with Gasteiger partial charge in [-0.05, 0) is 41.8 Å². The Kier molecular flexibility index (Phi) is 4.60. The lowest BCUT2D eigenvalue weighted by Gasteiger charge is -2.07. The molecular formula is C13H10BrF2NS. The summed E-state index contributed by atoms with van der Waals surface area (Å²) in [6.45, 7) is 0. The van der Waals surface area contributed by atoms with E-state index in [4.69, 9.17) is 0 Å². The molecule has 0 fully saturated rings. The van der Waals surface area contributed by atoms with Gasteiger partial charge in [0.1, 0.15) is 11.6 Å². The van der Waals surface area contributed by atoms with Crippen LogP contribution in [0.25, 0.3) is 0 Å². The van der Waals surface area contributed by atoms with Gasteiger partial charge in [0.05, 0.1) is 5.69 Å². The van der Waals surface area contributed by atoms with Crippen LogP contribution in [0.4, 0.5) is 14.5 Å². The lowest BCUT2D eigenvalue weighted by Crippen LogP contribution is -1.94. The molecule has 0 aliphatic rings. The van der Waals surface area contributed by atoms with Crippen molar-refractivity contribution in [2.24, 2.45) is 0 Å². The maximum Gasteiger partial charge on any atom is 0.148 e. The highest BCUT2D eigenvalue weighted by atomic mass is 79.9. The van der Waals surface area contributed by atoms with E-state index in [0.717, 1.165) is 0 Å². The second kappa shape index (κ2) is 6.20. The van der Waals surface area contributed by atoms with Crippen molar-refractivity contribution in [3.63, 3.8) is 0 Å². The molecule has 2 aromatic carbocycles. The van der Waals surface area contributed by atoms with Gasteiger partial charge < -0.3 is 4.72 Å². The van der Waals surface area contributed by atoms with Gasteiger partial charge in [0.15, 0.2) is 0 Å². The van der Waals surface area contributed by atoms with Gasteiger partial charge in [-0.2, -0.15) is 0 Å². The Bertz CT molecular complexity index is 548. The molecule has 0 amide bonds. The van der Waals surface area contributed by atoms with Crippen LogP contribution in [0.3, 0.4) is 0 Å². The van der Waals surface area contributed by atoms with Crippen molar-refractivity contribution in [1.29, 1.82) is 0 Å². The normalized spacial score (nSPS) is 10.4. The van der Waals surface area contributed by atoms with E-state index in [9.17, 15) is 8.78 Å². The highest BCUT2D eigenvalue weighted by Crippen LogP contribution is 2.23. The third-order valence-corrected chi connectivity index (χ3v) is 3.61. The summed E-state index contributed by atoms with van der Waals surface area (Å²) < 4.78 is 30.4. The lowest BCUT2D eigenvalue weighted by molar-refractivity contribution is 0.617. The molecule has 2 rings (SSSR count). The van der Waals surface area contributed by atoms with Crippen LogP contribution in [0.1, 0.15) is 5.56 Å². The van der Waals surface area contributed by atoms with E-state index in [1.54, 1.807) is 30.3 Å². The molecule has 0 heterocycles. The molecule has 0 spiro atoms. The summed E-state index contributed by atoms with van der Waals surface area (Å²) in [7, 11) is 0. The second-order valence-corrected chi connectivity index (χ2v) is 5.30. The van der Waals surface area contributed by atoms with Crippen LogP contribution in [0.2, 0.25) is 0 Å². The summed E-state index contributed by atoms with van der Waals surface area (Å²) in [5.41, 5.74) is 0.979. The molecule has 0 unspecified atom stereocenters. The zero-order chi connectivity index (χ0) is 13.0. The molecule has 1 nitrogen and oxygen atoms in total. The Morgan fingerprint density at radius 3 is 2.56 bits per heavy atom. The summed E-state index contributed by atoms with van der Waals surface area (Å²) >= 11 is 4.43. The van der Waals surface area contributed by atoms with E-state index in [1.807, 2.05) is 0 Å². The Hall–Kier alpha value is -1.07. The van der Waals surface area contributed by atoms with E-state index < -0.39 is 0 Å². The van der Waals surface area contributed by atoms with Crippen LogP contribution in [-0.4, -0.2) is 0 Å². The van der Waals surface area contributed by atoms with E-state index in [-0.39, 0.29) is 11.6 Å². The van der Waals surface area contributed by atoms with Gasteiger partial charge in [-0.25, -0.2) is 8.78 Å². The average molecular weight is 330 g/mol. The lowest BCUT2D eigenvalue weighted by atomic mass is 10.2. The summed E-state index contributed by atoms with van der Waals surface area (Å²) in [6.07, 6.45) is 0. The highest BCUT2D eigenvalue weighted by Gasteiger charge is 2.04. The van der Waals surface area contributed by atoms with Crippen LogP contribution in [-0.2, 0) is 5.75 Å². The maximum absolute atomic E-state index is 13.5. The second-order valence-electron chi connectivity index (χ2n) is 3.61. The maximum atomic E-state index is 13.5. The Morgan fingerprint density at radius 2 is 1.83 bits per heavy atom. The number of hydrogen-bond donors (Lipinski definition) is 1. The largest absolute Gasteiger partial charge is 0.327 e. The fraction of sp³-hybridized carbons (Fsp3) is 0.0769. The zero-order valence-corrected chi connectivity index (χ0v) is 11.7. The van der Waals surface area contributed by atoms with E-state index in [1.165, 1.54) is 24.1 Å². The molecule has 5 heteroatoms. The van der Waals surface area contributed by atoms with Crippen molar-refractivity contribution in [3.8, 4) is 0 Å². The third kappa shape index (κ3) is 3.46. The molecule has 0 atom stereocenters. The molecule has 2 aromatic rings. The molecule has 0 radical (unpaired) electrons. The van der Waals surface area contributed by atoms with Crippen molar-refractivity contribution < 1.29 is 8.78 Å². The number of benzene rings is 2. The van der Waals surface area contributed by atoms with Crippen LogP contribution in [0.5, 0.6) is 0 Å². The van der Waals surface area contributed by atoms with Gasteiger partial charge in [0, 0.05) is 10.2 Å². The first kappa shape index (κ1) is 13.4. The minimum atomic E-state index is -0.342. The Labute approximate surface area is 117 Å². The van der Waals surface area contributed by atoms with Crippen molar-refractivity contribution in [2.45, 2.75) is 5.75 Å². The predicted octanol–water partition coefficient (Wildman–Crippen LogP) is 4.99. The molecule has 0 bridgehead atoms. The molecule has 0 aliphatic heterocycles. The standard InChI is InChI=1S/C13H10BrF2NS/c14-10-5-6-13(12(16)7-10)17-18-8-9-3-1-2-4-11(9)15/h1-7,17H,8H2. The molecular weight excluding hydrogens is 320 g/mol. The first-order valence-corrected chi connectivity index (χ1v) is 7.01.